The van der Waals surface area contributed by atoms with Crippen molar-refractivity contribution in [2.75, 3.05) is 0 Å². The van der Waals surface area contributed by atoms with E-state index < -0.39 is 0 Å². The lowest BCUT2D eigenvalue weighted by Crippen LogP contribution is -1.83. The van der Waals surface area contributed by atoms with Crippen molar-refractivity contribution in [1.82, 2.24) is 4.98 Å². The zero-order chi connectivity index (χ0) is 8.43. The Bertz CT molecular complexity index is 329. The molecule has 1 aromatic heterocycles. The maximum atomic E-state index is 8.46. The first-order valence-corrected chi connectivity index (χ1v) is 3.70. The summed E-state index contributed by atoms with van der Waals surface area (Å²) in [6.07, 6.45) is 0. The van der Waals surface area contributed by atoms with Crippen LogP contribution in [0.3, 0.4) is 0 Å². The Balaban J connectivity index is 3.35. The van der Waals surface area contributed by atoms with Crippen LogP contribution in [0, 0.1) is 11.3 Å². The van der Waals surface area contributed by atoms with Crippen LogP contribution in [0.2, 0.25) is 15.3 Å². The second-order valence-electron chi connectivity index (χ2n) is 1.71. The van der Waals surface area contributed by atoms with Crippen molar-refractivity contribution < 1.29 is 0 Å². The zero-order valence-corrected chi connectivity index (χ0v) is 7.37. The highest BCUT2D eigenvalue weighted by Gasteiger charge is 2.05. The van der Waals surface area contributed by atoms with Crippen LogP contribution in [0.25, 0.3) is 0 Å². The predicted molar refractivity (Wildman–Crippen MR) is 44.0 cm³/mol. The van der Waals surface area contributed by atoms with Gasteiger partial charge in [-0.05, 0) is 6.07 Å². The molecule has 56 valence electrons. The molecule has 0 aromatic carbocycles. The van der Waals surface area contributed by atoms with Gasteiger partial charge in [-0.15, -0.1) is 0 Å². The summed E-state index contributed by atoms with van der Waals surface area (Å²) < 4.78 is 0. The molecule has 0 amide bonds. The van der Waals surface area contributed by atoms with Crippen LogP contribution in [-0.4, -0.2) is 4.98 Å². The summed E-state index contributed by atoms with van der Waals surface area (Å²) >= 11 is 16.6. The quantitative estimate of drug-likeness (QED) is 0.613. The molecule has 1 heterocycles. The molecule has 0 aliphatic carbocycles. The Labute approximate surface area is 78.3 Å². The molecule has 0 atom stereocenters. The predicted octanol–water partition coefficient (Wildman–Crippen LogP) is 2.91. The monoisotopic (exact) mass is 206 g/mol. The minimum atomic E-state index is 0.0712. The third-order valence-electron chi connectivity index (χ3n) is 1.01. The van der Waals surface area contributed by atoms with Gasteiger partial charge in [-0.2, -0.15) is 5.26 Å². The number of hydrogen-bond donors (Lipinski definition) is 0. The number of hydrogen-bond acceptors (Lipinski definition) is 2. The number of nitrogens with zero attached hydrogens (tertiary/aromatic N) is 2. The summed E-state index contributed by atoms with van der Waals surface area (Å²) in [7, 11) is 0. The van der Waals surface area contributed by atoms with Gasteiger partial charge >= 0.3 is 0 Å². The molecule has 1 rings (SSSR count). The van der Waals surface area contributed by atoms with Crippen LogP contribution in [0.1, 0.15) is 5.56 Å². The van der Waals surface area contributed by atoms with Crippen molar-refractivity contribution in [2.45, 2.75) is 0 Å². The van der Waals surface area contributed by atoms with E-state index in [0.717, 1.165) is 0 Å². The van der Waals surface area contributed by atoms with E-state index in [4.69, 9.17) is 40.1 Å². The van der Waals surface area contributed by atoms with Crippen molar-refractivity contribution in [3.05, 3.63) is 27.0 Å². The second-order valence-corrected chi connectivity index (χ2v) is 2.83. The number of pyridine rings is 1. The largest absolute Gasteiger partial charge is 0.221 e. The topological polar surface area (TPSA) is 36.7 Å². The normalized spacial score (nSPS) is 9.27. The van der Waals surface area contributed by atoms with E-state index in [9.17, 15) is 0 Å². The van der Waals surface area contributed by atoms with Crippen LogP contribution in [0.5, 0.6) is 0 Å². The van der Waals surface area contributed by atoms with Gasteiger partial charge in [0.2, 0.25) is 0 Å². The molecule has 2 nitrogen and oxygen atoms in total. The number of nitriles is 1. The lowest BCUT2D eigenvalue weighted by atomic mass is 10.3. The fraction of sp³-hybridized carbons (Fsp3) is 0. The lowest BCUT2D eigenvalue weighted by Gasteiger charge is -1.96. The molecule has 0 radical (unpaired) electrons. The SMILES string of the molecule is N#Cc1cc(Cl)c(Cl)nc1Cl. The maximum Gasteiger partial charge on any atom is 0.149 e. The third kappa shape index (κ3) is 1.75. The first kappa shape index (κ1) is 8.61. The van der Waals surface area contributed by atoms with E-state index in [1.165, 1.54) is 6.07 Å². The molecule has 0 fully saturated rings. The highest BCUT2D eigenvalue weighted by molar-refractivity contribution is 6.42. The minimum absolute atomic E-state index is 0.0712. The summed E-state index contributed by atoms with van der Waals surface area (Å²) in [5, 5.41) is 8.87. The Kier molecular flexibility index (Phi) is 2.56. The number of aromatic nitrogens is 1. The molecule has 11 heavy (non-hydrogen) atoms. The fourth-order valence-corrected chi connectivity index (χ4v) is 1.04. The molecular weight excluding hydrogens is 206 g/mol. The van der Waals surface area contributed by atoms with E-state index >= 15 is 0 Å². The van der Waals surface area contributed by atoms with Crippen LogP contribution >= 0.6 is 34.8 Å². The number of halogens is 3. The molecule has 0 aliphatic heterocycles. The van der Waals surface area contributed by atoms with E-state index in [2.05, 4.69) is 4.98 Å². The molecule has 0 aliphatic rings. The highest BCUT2D eigenvalue weighted by Crippen LogP contribution is 2.24. The summed E-state index contributed by atoms with van der Waals surface area (Å²) in [6.45, 7) is 0. The van der Waals surface area contributed by atoms with Gasteiger partial charge in [0.05, 0.1) is 10.6 Å². The van der Waals surface area contributed by atoms with Gasteiger partial charge in [0.25, 0.3) is 0 Å². The van der Waals surface area contributed by atoms with Crippen LogP contribution in [-0.2, 0) is 0 Å². The van der Waals surface area contributed by atoms with Gasteiger partial charge in [-0.1, -0.05) is 34.8 Å². The van der Waals surface area contributed by atoms with Gasteiger partial charge < -0.3 is 0 Å². The van der Waals surface area contributed by atoms with Crippen molar-refractivity contribution >= 4 is 34.8 Å². The maximum absolute atomic E-state index is 8.46. The fourth-order valence-electron chi connectivity index (χ4n) is 0.524. The Morgan fingerprint density at radius 1 is 1.27 bits per heavy atom. The van der Waals surface area contributed by atoms with Crippen LogP contribution in [0.15, 0.2) is 6.07 Å². The third-order valence-corrected chi connectivity index (χ3v) is 1.97. The lowest BCUT2D eigenvalue weighted by molar-refractivity contribution is 1.30. The first-order valence-electron chi connectivity index (χ1n) is 2.57. The van der Waals surface area contributed by atoms with Crippen molar-refractivity contribution in [3.8, 4) is 6.07 Å². The molecule has 0 bridgehead atoms. The van der Waals surface area contributed by atoms with Crippen molar-refractivity contribution in [3.63, 3.8) is 0 Å². The standard InChI is InChI=1S/C6HCl3N2/c7-4-1-3(2-10)5(8)11-6(4)9/h1H. The Morgan fingerprint density at radius 2 is 1.91 bits per heavy atom. The molecular formula is C6HCl3N2. The Hall–Kier alpha value is -0.490. The second kappa shape index (κ2) is 3.27. The molecule has 0 spiro atoms. The summed E-state index contributed by atoms with van der Waals surface area (Å²) in [4.78, 5) is 3.62. The van der Waals surface area contributed by atoms with E-state index in [1.54, 1.807) is 0 Å². The summed E-state index contributed by atoms with van der Waals surface area (Å²) in [5.41, 5.74) is 0.223. The van der Waals surface area contributed by atoms with Crippen LogP contribution in [0.4, 0.5) is 0 Å². The van der Waals surface area contributed by atoms with E-state index in [0.29, 0.717) is 0 Å². The molecule has 0 unspecified atom stereocenters. The van der Waals surface area contributed by atoms with Gasteiger partial charge in [0.1, 0.15) is 16.4 Å². The zero-order valence-electron chi connectivity index (χ0n) is 5.11. The van der Waals surface area contributed by atoms with E-state index in [1.807, 2.05) is 6.07 Å². The summed E-state index contributed by atoms with van der Waals surface area (Å²) in [6, 6.07) is 3.20. The van der Waals surface area contributed by atoms with Crippen molar-refractivity contribution in [1.29, 1.82) is 5.26 Å². The average Bonchev–Trinajstić information content (AvgIpc) is 1.97. The number of rotatable bonds is 0. The average molecular weight is 207 g/mol. The first-order chi connectivity index (χ1) is 5.15. The van der Waals surface area contributed by atoms with E-state index in [-0.39, 0.29) is 20.9 Å². The van der Waals surface area contributed by atoms with Gasteiger partial charge in [-0.25, -0.2) is 4.98 Å². The highest BCUT2D eigenvalue weighted by atomic mass is 35.5. The molecule has 1 aromatic rings. The smallest absolute Gasteiger partial charge is 0.149 e. The van der Waals surface area contributed by atoms with Gasteiger partial charge in [0.15, 0.2) is 0 Å². The molecule has 5 heteroatoms. The molecule has 0 N–H and O–H groups in total. The van der Waals surface area contributed by atoms with Crippen LogP contribution < -0.4 is 0 Å². The minimum Gasteiger partial charge on any atom is -0.221 e. The molecule has 0 saturated carbocycles. The summed E-state index contributed by atoms with van der Waals surface area (Å²) in [5.74, 6) is 0. The van der Waals surface area contributed by atoms with Gasteiger partial charge in [-0.3, -0.25) is 0 Å². The Morgan fingerprint density at radius 3 is 2.45 bits per heavy atom. The van der Waals surface area contributed by atoms with Crippen molar-refractivity contribution in [2.24, 2.45) is 0 Å². The van der Waals surface area contributed by atoms with Gasteiger partial charge in [0, 0.05) is 0 Å². The molecule has 0 saturated heterocycles.